The summed E-state index contributed by atoms with van der Waals surface area (Å²) in [6, 6.07) is 12.8. The molecule has 2 aromatic heterocycles. The van der Waals surface area contributed by atoms with Crippen LogP contribution in [0.15, 0.2) is 61.1 Å². The fourth-order valence-electron chi connectivity index (χ4n) is 4.17. The lowest BCUT2D eigenvalue weighted by atomic mass is 9.75. The van der Waals surface area contributed by atoms with Crippen molar-refractivity contribution in [3.8, 4) is 0 Å². The van der Waals surface area contributed by atoms with Gasteiger partial charge < -0.3 is 16.4 Å². The molecule has 0 saturated carbocycles. The van der Waals surface area contributed by atoms with Gasteiger partial charge >= 0.3 is 0 Å². The Morgan fingerprint density at radius 1 is 1.07 bits per heavy atom. The molecule has 1 aliphatic rings. The van der Waals surface area contributed by atoms with Gasteiger partial charge in [-0.2, -0.15) is 0 Å². The molecule has 7 heteroatoms. The molecule has 1 unspecified atom stereocenters. The first-order valence-corrected chi connectivity index (χ1v) is 10.4. The van der Waals surface area contributed by atoms with Crippen molar-refractivity contribution >= 4 is 29.0 Å². The predicted molar refractivity (Wildman–Crippen MR) is 120 cm³/mol. The number of nitrogens with zero attached hydrogens (tertiary/aromatic N) is 2. The van der Waals surface area contributed by atoms with Gasteiger partial charge in [0.15, 0.2) is 0 Å². The molecule has 0 aliphatic carbocycles. The molecule has 4 rings (SSSR count). The summed E-state index contributed by atoms with van der Waals surface area (Å²) in [5, 5.41) is 6.99. The Bertz CT molecular complexity index is 1000. The molecule has 3 heterocycles. The monoisotopic (exact) mass is 421 g/mol. The van der Waals surface area contributed by atoms with Gasteiger partial charge in [0.1, 0.15) is 5.82 Å². The number of anilines is 2. The van der Waals surface area contributed by atoms with E-state index in [0.29, 0.717) is 28.0 Å². The second-order valence-corrected chi connectivity index (χ2v) is 7.90. The number of carbonyl (C=O) groups is 1. The predicted octanol–water partition coefficient (Wildman–Crippen LogP) is 4.10. The van der Waals surface area contributed by atoms with Crippen molar-refractivity contribution in [2.45, 2.75) is 18.8 Å². The molecule has 1 atom stereocenters. The number of rotatable bonds is 5. The van der Waals surface area contributed by atoms with E-state index in [1.165, 1.54) is 0 Å². The third-order valence-electron chi connectivity index (χ3n) is 5.60. The SMILES string of the molecule is Nc1nccc(C(=O)Nc2ccc(Cl)cc2)c1C(c1ccncc1)C1CCNCC1. The molecular formula is C23H24ClN5O. The molecular weight excluding hydrogens is 398 g/mol. The Morgan fingerprint density at radius 3 is 2.47 bits per heavy atom. The van der Waals surface area contributed by atoms with E-state index in [1.54, 1.807) is 48.9 Å². The Labute approximate surface area is 180 Å². The molecule has 0 spiro atoms. The Hall–Kier alpha value is -2.96. The zero-order chi connectivity index (χ0) is 20.9. The third kappa shape index (κ3) is 4.45. The molecule has 30 heavy (non-hydrogen) atoms. The molecule has 1 aliphatic heterocycles. The summed E-state index contributed by atoms with van der Waals surface area (Å²) < 4.78 is 0. The van der Waals surface area contributed by atoms with Crippen LogP contribution < -0.4 is 16.4 Å². The average Bonchev–Trinajstić information content (AvgIpc) is 2.78. The van der Waals surface area contributed by atoms with Crippen LogP contribution in [0.5, 0.6) is 0 Å². The van der Waals surface area contributed by atoms with Crippen LogP contribution in [0.4, 0.5) is 11.5 Å². The zero-order valence-electron chi connectivity index (χ0n) is 16.5. The standard InChI is InChI=1S/C23H24ClN5O/c24-17-1-3-18(4-2-17)29-23(30)19-9-14-28-22(25)21(19)20(15-5-10-26-11-6-15)16-7-12-27-13-8-16/h1-6,9-11,14,16,20,27H,7-8,12-13H2,(H2,25,28)(H,29,30). The van der Waals surface area contributed by atoms with Gasteiger partial charge in [-0.15, -0.1) is 0 Å². The summed E-state index contributed by atoms with van der Waals surface area (Å²) in [5.74, 6) is 0.491. The number of nitrogens with two attached hydrogens (primary N) is 1. The van der Waals surface area contributed by atoms with Gasteiger partial charge in [-0.3, -0.25) is 9.78 Å². The highest BCUT2D eigenvalue weighted by atomic mass is 35.5. The van der Waals surface area contributed by atoms with E-state index in [-0.39, 0.29) is 11.8 Å². The molecule has 154 valence electrons. The van der Waals surface area contributed by atoms with Crippen molar-refractivity contribution < 1.29 is 4.79 Å². The van der Waals surface area contributed by atoms with Crippen LogP contribution in [0.1, 0.15) is 40.2 Å². The molecule has 1 fully saturated rings. The number of amides is 1. The lowest BCUT2D eigenvalue weighted by Crippen LogP contribution is -2.32. The molecule has 1 aromatic carbocycles. The molecule has 0 bridgehead atoms. The molecule has 1 amide bonds. The van der Waals surface area contributed by atoms with Crippen LogP contribution in [0.25, 0.3) is 0 Å². The van der Waals surface area contributed by atoms with E-state index < -0.39 is 0 Å². The number of nitrogen functional groups attached to an aromatic ring is 1. The van der Waals surface area contributed by atoms with Crippen LogP contribution >= 0.6 is 11.6 Å². The Kier molecular flexibility index (Phi) is 6.26. The lowest BCUT2D eigenvalue weighted by molar-refractivity contribution is 0.102. The van der Waals surface area contributed by atoms with Gasteiger partial charge in [0, 0.05) is 46.3 Å². The van der Waals surface area contributed by atoms with Crippen LogP contribution in [0.3, 0.4) is 0 Å². The van der Waals surface area contributed by atoms with Crippen LogP contribution in [-0.2, 0) is 0 Å². The van der Waals surface area contributed by atoms with Gasteiger partial charge in [0.05, 0.1) is 0 Å². The largest absolute Gasteiger partial charge is 0.383 e. The summed E-state index contributed by atoms with van der Waals surface area (Å²) in [5.41, 5.74) is 9.47. The van der Waals surface area contributed by atoms with Crippen LogP contribution in [0, 0.1) is 5.92 Å². The first-order chi connectivity index (χ1) is 14.6. The van der Waals surface area contributed by atoms with Crippen molar-refractivity contribution in [3.05, 3.63) is 82.8 Å². The topological polar surface area (TPSA) is 92.9 Å². The van der Waals surface area contributed by atoms with Gasteiger partial charge in [-0.1, -0.05) is 11.6 Å². The van der Waals surface area contributed by atoms with Crippen molar-refractivity contribution in [1.29, 1.82) is 0 Å². The van der Waals surface area contributed by atoms with Crippen molar-refractivity contribution in [1.82, 2.24) is 15.3 Å². The number of halogens is 1. The van der Waals surface area contributed by atoms with Gasteiger partial charge in [-0.25, -0.2) is 4.98 Å². The number of carbonyl (C=O) groups excluding carboxylic acids is 1. The highest BCUT2D eigenvalue weighted by molar-refractivity contribution is 6.30. The Balaban J connectivity index is 1.75. The summed E-state index contributed by atoms with van der Waals surface area (Å²) in [7, 11) is 0. The summed E-state index contributed by atoms with van der Waals surface area (Å²) in [6.45, 7) is 1.89. The molecule has 1 saturated heterocycles. The van der Waals surface area contributed by atoms with Gasteiger partial charge in [0.25, 0.3) is 5.91 Å². The van der Waals surface area contributed by atoms with E-state index in [2.05, 4.69) is 20.6 Å². The quantitative estimate of drug-likeness (QED) is 0.576. The maximum atomic E-state index is 13.2. The van der Waals surface area contributed by atoms with E-state index in [0.717, 1.165) is 37.1 Å². The van der Waals surface area contributed by atoms with Crippen molar-refractivity contribution in [2.24, 2.45) is 5.92 Å². The minimum Gasteiger partial charge on any atom is -0.383 e. The second-order valence-electron chi connectivity index (χ2n) is 7.46. The smallest absolute Gasteiger partial charge is 0.256 e. The number of piperidine rings is 1. The third-order valence-corrected chi connectivity index (χ3v) is 5.85. The van der Waals surface area contributed by atoms with Crippen LogP contribution in [0.2, 0.25) is 5.02 Å². The number of aromatic nitrogens is 2. The number of benzene rings is 1. The fourth-order valence-corrected chi connectivity index (χ4v) is 4.29. The fraction of sp³-hybridized carbons (Fsp3) is 0.261. The molecule has 6 nitrogen and oxygen atoms in total. The first-order valence-electron chi connectivity index (χ1n) is 10.1. The summed E-state index contributed by atoms with van der Waals surface area (Å²) in [6.07, 6.45) is 7.15. The highest BCUT2D eigenvalue weighted by Crippen LogP contribution is 2.40. The first kappa shape index (κ1) is 20.3. The highest BCUT2D eigenvalue weighted by Gasteiger charge is 2.31. The minimum absolute atomic E-state index is 0.0326. The number of hydrogen-bond donors (Lipinski definition) is 3. The Morgan fingerprint density at radius 2 is 1.77 bits per heavy atom. The summed E-state index contributed by atoms with van der Waals surface area (Å²) in [4.78, 5) is 21.7. The number of pyridine rings is 2. The van der Waals surface area contributed by atoms with Crippen LogP contribution in [-0.4, -0.2) is 29.0 Å². The maximum Gasteiger partial charge on any atom is 0.256 e. The summed E-state index contributed by atoms with van der Waals surface area (Å²) >= 11 is 5.96. The van der Waals surface area contributed by atoms with E-state index in [1.807, 2.05) is 12.1 Å². The second kappa shape index (κ2) is 9.24. The van der Waals surface area contributed by atoms with E-state index >= 15 is 0 Å². The zero-order valence-corrected chi connectivity index (χ0v) is 17.3. The minimum atomic E-state index is -0.214. The lowest BCUT2D eigenvalue weighted by Gasteiger charge is -2.32. The van der Waals surface area contributed by atoms with Crippen molar-refractivity contribution in [3.63, 3.8) is 0 Å². The normalized spacial score (nSPS) is 15.5. The number of hydrogen-bond acceptors (Lipinski definition) is 5. The molecule has 3 aromatic rings. The van der Waals surface area contributed by atoms with Gasteiger partial charge in [-0.05, 0) is 79.9 Å². The molecule has 0 radical (unpaired) electrons. The van der Waals surface area contributed by atoms with E-state index in [9.17, 15) is 4.79 Å². The number of nitrogens with one attached hydrogen (secondary N) is 2. The van der Waals surface area contributed by atoms with Gasteiger partial charge in [0.2, 0.25) is 0 Å². The van der Waals surface area contributed by atoms with E-state index in [4.69, 9.17) is 17.3 Å². The van der Waals surface area contributed by atoms with Crippen molar-refractivity contribution in [2.75, 3.05) is 24.1 Å². The maximum absolute atomic E-state index is 13.2. The molecule has 4 N–H and O–H groups in total. The average molecular weight is 422 g/mol.